The van der Waals surface area contributed by atoms with Crippen molar-refractivity contribution in [3.05, 3.63) is 35.8 Å². The molecule has 0 saturated carbocycles. The SMILES string of the molecule is COC(=O)c1c(OC)ccc(N2C=CC(C(=O)C=O)NC2C(=O)C=O)c1F. The Balaban J connectivity index is 2.58. The molecule has 0 aliphatic carbocycles. The highest BCUT2D eigenvalue weighted by atomic mass is 19.1. The normalized spacial score (nSPS) is 18.6. The fourth-order valence-corrected chi connectivity index (χ4v) is 2.53. The number of nitrogens with zero attached hydrogens (tertiary/aromatic N) is 1. The van der Waals surface area contributed by atoms with Gasteiger partial charge in [-0.3, -0.25) is 24.5 Å². The largest absolute Gasteiger partial charge is 0.496 e. The third-order valence-corrected chi connectivity index (χ3v) is 3.83. The van der Waals surface area contributed by atoms with Crippen LogP contribution in [0.1, 0.15) is 10.4 Å². The van der Waals surface area contributed by atoms with Crippen LogP contribution in [-0.2, 0) is 23.9 Å². The van der Waals surface area contributed by atoms with Gasteiger partial charge in [-0.15, -0.1) is 0 Å². The van der Waals surface area contributed by atoms with E-state index in [1.807, 2.05) is 0 Å². The van der Waals surface area contributed by atoms with Gasteiger partial charge < -0.3 is 14.4 Å². The van der Waals surface area contributed by atoms with Crippen molar-refractivity contribution in [2.75, 3.05) is 19.1 Å². The Bertz CT molecular complexity index is 837. The molecule has 0 fully saturated rings. The average Bonchev–Trinajstić information content (AvgIpc) is 2.71. The molecular formula is C17H15FN2O7. The number of methoxy groups -OCH3 is 2. The third kappa shape index (κ3) is 3.75. The molecular weight excluding hydrogens is 363 g/mol. The van der Waals surface area contributed by atoms with Gasteiger partial charge in [-0.25, -0.2) is 9.18 Å². The molecule has 0 spiro atoms. The number of esters is 1. The summed E-state index contributed by atoms with van der Waals surface area (Å²) >= 11 is 0. The number of carbonyl (C=O) groups is 5. The number of aldehydes is 2. The summed E-state index contributed by atoms with van der Waals surface area (Å²) in [6, 6.07) is 1.34. The Morgan fingerprint density at radius 2 is 1.81 bits per heavy atom. The first-order chi connectivity index (χ1) is 12.9. The molecule has 2 unspecified atom stereocenters. The number of Topliss-reactive ketones (excluding diaryl/α,β-unsaturated/α-hetero) is 2. The molecule has 1 aromatic rings. The molecule has 0 aromatic heterocycles. The predicted octanol–water partition coefficient (Wildman–Crippen LogP) is -0.225. The summed E-state index contributed by atoms with van der Waals surface area (Å²) in [7, 11) is 2.29. The number of anilines is 1. The molecule has 142 valence electrons. The molecule has 2 rings (SSSR count). The van der Waals surface area contributed by atoms with E-state index < -0.39 is 41.1 Å². The molecule has 27 heavy (non-hydrogen) atoms. The van der Waals surface area contributed by atoms with Crippen molar-refractivity contribution in [1.29, 1.82) is 0 Å². The van der Waals surface area contributed by atoms with Crippen molar-refractivity contribution in [2.24, 2.45) is 0 Å². The number of hydrogen-bond acceptors (Lipinski definition) is 9. The molecule has 1 aromatic carbocycles. The highest BCUT2D eigenvalue weighted by Crippen LogP contribution is 2.32. The Labute approximate surface area is 152 Å². The molecule has 1 aliphatic rings. The van der Waals surface area contributed by atoms with Gasteiger partial charge in [-0.1, -0.05) is 0 Å². The molecule has 0 bridgehead atoms. The van der Waals surface area contributed by atoms with Gasteiger partial charge in [-0.05, 0) is 18.2 Å². The zero-order valence-corrected chi connectivity index (χ0v) is 14.3. The maximum Gasteiger partial charge on any atom is 0.344 e. The van der Waals surface area contributed by atoms with Crippen LogP contribution in [0.3, 0.4) is 0 Å². The monoisotopic (exact) mass is 378 g/mol. The Morgan fingerprint density at radius 1 is 1.15 bits per heavy atom. The van der Waals surface area contributed by atoms with Gasteiger partial charge in [0.25, 0.3) is 0 Å². The zero-order chi connectivity index (χ0) is 20.1. The standard InChI is InChI=1S/C17H15FN2O7/c1-26-13-4-3-10(15(18)14(13)17(25)27-2)20-6-5-9(11(23)7-21)19-16(20)12(24)8-22/h3-9,16,19H,1-2H3. The highest BCUT2D eigenvalue weighted by molar-refractivity contribution is 6.30. The van der Waals surface area contributed by atoms with Gasteiger partial charge in [0, 0.05) is 6.20 Å². The molecule has 2 atom stereocenters. The van der Waals surface area contributed by atoms with Crippen LogP contribution in [0.4, 0.5) is 10.1 Å². The minimum atomic E-state index is -1.46. The van der Waals surface area contributed by atoms with Crippen LogP contribution in [-0.4, -0.2) is 56.5 Å². The lowest BCUT2D eigenvalue weighted by Crippen LogP contribution is -2.58. The number of benzene rings is 1. The minimum Gasteiger partial charge on any atom is -0.496 e. The number of ketones is 2. The van der Waals surface area contributed by atoms with Gasteiger partial charge in [0.15, 0.2) is 24.6 Å². The molecule has 0 saturated heterocycles. The fraction of sp³-hybridized carbons (Fsp3) is 0.235. The number of ether oxygens (including phenoxy) is 2. The van der Waals surface area contributed by atoms with Crippen molar-refractivity contribution >= 4 is 35.8 Å². The van der Waals surface area contributed by atoms with Crippen molar-refractivity contribution in [2.45, 2.75) is 12.2 Å². The average molecular weight is 378 g/mol. The summed E-state index contributed by atoms with van der Waals surface area (Å²) in [5.41, 5.74) is -0.758. The molecule has 0 amide bonds. The van der Waals surface area contributed by atoms with Crippen LogP contribution in [0.25, 0.3) is 0 Å². The van der Waals surface area contributed by atoms with Gasteiger partial charge in [0.05, 0.1) is 25.9 Å². The smallest absolute Gasteiger partial charge is 0.344 e. The lowest BCUT2D eigenvalue weighted by atomic mass is 10.1. The first kappa shape index (κ1) is 19.9. The quantitative estimate of drug-likeness (QED) is 0.390. The molecule has 1 aliphatic heterocycles. The van der Waals surface area contributed by atoms with E-state index in [-0.39, 0.29) is 24.0 Å². The fourth-order valence-electron chi connectivity index (χ4n) is 2.53. The lowest BCUT2D eigenvalue weighted by Gasteiger charge is -2.35. The number of carbonyl (C=O) groups excluding carboxylic acids is 5. The van der Waals surface area contributed by atoms with E-state index in [0.717, 1.165) is 12.0 Å². The van der Waals surface area contributed by atoms with E-state index in [0.29, 0.717) is 0 Å². The number of rotatable bonds is 7. The summed E-state index contributed by atoms with van der Waals surface area (Å²) in [5.74, 6) is -4.05. The van der Waals surface area contributed by atoms with Crippen LogP contribution in [0.5, 0.6) is 5.75 Å². The van der Waals surface area contributed by atoms with Gasteiger partial charge in [0.2, 0.25) is 11.6 Å². The number of hydrogen-bond donors (Lipinski definition) is 1. The first-order valence-corrected chi connectivity index (χ1v) is 7.55. The van der Waals surface area contributed by atoms with Crippen molar-refractivity contribution < 1.29 is 37.8 Å². The Kier molecular flexibility index (Phi) is 6.14. The van der Waals surface area contributed by atoms with E-state index in [9.17, 15) is 28.4 Å². The number of nitrogens with one attached hydrogen (secondary N) is 1. The molecule has 10 heteroatoms. The van der Waals surface area contributed by atoms with E-state index in [1.165, 1.54) is 31.5 Å². The first-order valence-electron chi connectivity index (χ1n) is 7.55. The van der Waals surface area contributed by atoms with E-state index in [4.69, 9.17) is 4.74 Å². The van der Waals surface area contributed by atoms with Crippen LogP contribution in [0.15, 0.2) is 24.4 Å². The van der Waals surface area contributed by atoms with E-state index in [2.05, 4.69) is 10.1 Å². The van der Waals surface area contributed by atoms with Crippen LogP contribution < -0.4 is 15.0 Å². The lowest BCUT2D eigenvalue weighted by molar-refractivity contribution is -0.133. The summed E-state index contributed by atoms with van der Waals surface area (Å²) in [6.07, 6.45) is 0.973. The second-order valence-corrected chi connectivity index (χ2v) is 5.30. The summed E-state index contributed by atoms with van der Waals surface area (Å²) in [6.45, 7) is 0. The summed E-state index contributed by atoms with van der Waals surface area (Å²) in [4.78, 5) is 58.1. The van der Waals surface area contributed by atoms with Gasteiger partial charge in [-0.2, -0.15) is 0 Å². The van der Waals surface area contributed by atoms with Crippen LogP contribution in [0, 0.1) is 5.82 Å². The van der Waals surface area contributed by atoms with Crippen molar-refractivity contribution in [1.82, 2.24) is 5.32 Å². The van der Waals surface area contributed by atoms with E-state index >= 15 is 0 Å². The second kappa shape index (κ2) is 8.32. The second-order valence-electron chi connectivity index (χ2n) is 5.30. The van der Waals surface area contributed by atoms with Crippen molar-refractivity contribution in [3.8, 4) is 5.75 Å². The van der Waals surface area contributed by atoms with Crippen LogP contribution >= 0.6 is 0 Å². The maximum absolute atomic E-state index is 15.0. The summed E-state index contributed by atoms with van der Waals surface area (Å²) < 4.78 is 24.5. The zero-order valence-electron chi connectivity index (χ0n) is 14.3. The number of halogens is 1. The Morgan fingerprint density at radius 3 is 2.37 bits per heavy atom. The van der Waals surface area contributed by atoms with Crippen LogP contribution in [0.2, 0.25) is 0 Å². The Hall–Kier alpha value is -3.40. The van der Waals surface area contributed by atoms with Gasteiger partial charge >= 0.3 is 5.97 Å². The minimum absolute atomic E-state index is 0.00504. The molecule has 9 nitrogen and oxygen atoms in total. The van der Waals surface area contributed by atoms with Gasteiger partial charge in [0.1, 0.15) is 11.3 Å². The van der Waals surface area contributed by atoms with E-state index in [1.54, 1.807) is 0 Å². The topological polar surface area (TPSA) is 119 Å². The van der Waals surface area contributed by atoms with Crippen molar-refractivity contribution in [3.63, 3.8) is 0 Å². The molecule has 1 N–H and O–H groups in total. The molecule has 0 radical (unpaired) electrons. The highest BCUT2D eigenvalue weighted by Gasteiger charge is 2.35. The third-order valence-electron chi connectivity index (χ3n) is 3.83. The summed E-state index contributed by atoms with van der Waals surface area (Å²) in [5, 5.41) is 2.49. The predicted molar refractivity (Wildman–Crippen MR) is 88.8 cm³/mol. The maximum atomic E-state index is 15.0. The molecule has 1 heterocycles.